The number of amides is 1. The van der Waals surface area contributed by atoms with Crippen molar-refractivity contribution >= 4 is 46.5 Å². The van der Waals surface area contributed by atoms with Crippen LogP contribution in [0.25, 0.3) is 0 Å². The van der Waals surface area contributed by atoms with Crippen molar-refractivity contribution in [2.75, 3.05) is 10.6 Å². The number of anilines is 2. The summed E-state index contributed by atoms with van der Waals surface area (Å²) in [5.41, 5.74) is 1.40. The van der Waals surface area contributed by atoms with Crippen LogP contribution in [0.15, 0.2) is 60.9 Å². The van der Waals surface area contributed by atoms with Crippen LogP contribution in [0.4, 0.5) is 24.5 Å². The van der Waals surface area contributed by atoms with Gasteiger partial charge in [0.2, 0.25) is 0 Å². The summed E-state index contributed by atoms with van der Waals surface area (Å²) in [5, 5.41) is 15.2. The van der Waals surface area contributed by atoms with Crippen LogP contribution in [0.5, 0.6) is 5.75 Å². The number of nitrogens with one attached hydrogen (secondary N) is 2. The van der Waals surface area contributed by atoms with E-state index in [0.717, 1.165) is 12.1 Å². The van der Waals surface area contributed by atoms with E-state index in [1.807, 2.05) is 0 Å². The average Bonchev–Trinajstić information content (AvgIpc) is 2.76. The molecule has 0 spiro atoms. The van der Waals surface area contributed by atoms with E-state index in [2.05, 4.69) is 20.4 Å². The standard InChI is InChI=1S/C22H16Cl2F3N3O4/c23-16-10-28-11-17(24)19(16)30-20(31)13-3-1-12(2-4-13)9-18(21(32)33)29-14-5-7-15(8-6-14)34-22(25,26)27/h1-8,10-11,18,29H,9H2,(H,32,33)(H,28,30,31). The minimum absolute atomic E-state index is 0.0417. The molecule has 0 aliphatic rings. The Morgan fingerprint density at radius 2 is 1.59 bits per heavy atom. The molecule has 2 aromatic carbocycles. The fraction of sp³-hybridized carbons (Fsp3) is 0.136. The lowest BCUT2D eigenvalue weighted by molar-refractivity contribution is -0.274. The summed E-state index contributed by atoms with van der Waals surface area (Å²) >= 11 is 12.0. The number of carboxylic acids is 1. The second-order valence-electron chi connectivity index (χ2n) is 6.94. The van der Waals surface area contributed by atoms with E-state index in [1.165, 1.54) is 36.7 Å². The van der Waals surface area contributed by atoms with Gasteiger partial charge < -0.3 is 20.5 Å². The highest BCUT2D eigenvalue weighted by molar-refractivity contribution is 6.39. The van der Waals surface area contributed by atoms with Crippen molar-refractivity contribution in [3.63, 3.8) is 0 Å². The van der Waals surface area contributed by atoms with E-state index in [1.54, 1.807) is 12.1 Å². The summed E-state index contributed by atoms with van der Waals surface area (Å²) in [6.45, 7) is 0. The number of carbonyl (C=O) groups excluding carboxylic acids is 1. The molecule has 12 heteroatoms. The van der Waals surface area contributed by atoms with Gasteiger partial charge in [-0.05, 0) is 42.0 Å². The zero-order valence-corrected chi connectivity index (χ0v) is 18.6. The van der Waals surface area contributed by atoms with Crippen LogP contribution in [-0.4, -0.2) is 34.4 Å². The van der Waals surface area contributed by atoms with Crippen LogP contribution in [0.1, 0.15) is 15.9 Å². The first kappa shape index (κ1) is 25.1. The Balaban J connectivity index is 1.65. The zero-order chi connectivity index (χ0) is 24.9. The first-order valence-electron chi connectivity index (χ1n) is 9.56. The molecule has 7 nitrogen and oxygen atoms in total. The number of hydrogen-bond acceptors (Lipinski definition) is 5. The van der Waals surface area contributed by atoms with Crippen LogP contribution in [-0.2, 0) is 11.2 Å². The monoisotopic (exact) mass is 513 g/mol. The van der Waals surface area contributed by atoms with Crippen molar-refractivity contribution in [1.82, 2.24) is 4.98 Å². The molecule has 1 atom stereocenters. The largest absolute Gasteiger partial charge is 0.573 e. The number of halogens is 5. The summed E-state index contributed by atoms with van der Waals surface area (Å²) in [5.74, 6) is -2.07. The predicted octanol–water partition coefficient (Wildman–Crippen LogP) is 5.65. The zero-order valence-electron chi connectivity index (χ0n) is 17.1. The highest BCUT2D eigenvalue weighted by Gasteiger charge is 2.31. The van der Waals surface area contributed by atoms with Gasteiger partial charge in [-0.3, -0.25) is 9.78 Å². The van der Waals surface area contributed by atoms with Crippen LogP contribution < -0.4 is 15.4 Å². The third-order valence-electron chi connectivity index (χ3n) is 4.47. The summed E-state index contributed by atoms with van der Waals surface area (Å²) in [6, 6.07) is 9.81. The van der Waals surface area contributed by atoms with E-state index < -0.39 is 30.0 Å². The number of aromatic nitrogens is 1. The van der Waals surface area contributed by atoms with E-state index in [-0.39, 0.29) is 27.7 Å². The number of carboxylic acid groups (broad SMARTS) is 1. The second kappa shape index (κ2) is 10.6. The molecule has 0 aliphatic heterocycles. The molecule has 0 bridgehead atoms. The van der Waals surface area contributed by atoms with Crippen LogP contribution in [0, 0.1) is 0 Å². The highest BCUT2D eigenvalue weighted by Crippen LogP contribution is 2.29. The van der Waals surface area contributed by atoms with E-state index in [0.29, 0.717) is 11.3 Å². The SMILES string of the molecule is O=C(Nc1c(Cl)cncc1Cl)c1ccc(CC(Nc2ccc(OC(F)(F)F)cc2)C(=O)O)cc1. The first-order valence-corrected chi connectivity index (χ1v) is 10.3. The molecule has 1 unspecified atom stereocenters. The Kier molecular flexibility index (Phi) is 7.85. The number of alkyl halides is 3. The number of benzene rings is 2. The van der Waals surface area contributed by atoms with Crippen molar-refractivity contribution in [3.05, 3.63) is 82.1 Å². The number of carbonyl (C=O) groups is 2. The van der Waals surface area contributed by atoms with Crippen LogP contribution >= 0.6 is 23.2 Å². The molecule has 3 aromatic rings. The molecule has 3 rings (SSSR count). The van der Waals surface area contributed by atoms with Crippen molar-refractivity contribution in [2.45, 2.75) is 18.8 Å². The third kappa shape index (κ3) is 7.00. The number of ether oxygens (including phenoxy) is 1. The normalized spacial score (nSPS) is 12.0. The molecule has 0 aliphatic carbocycles. The minimum atomic E-state index is -4.82. The molecule has 3 N–H and O–H groups in total. The van der Waals surface area contributed by atoms with Gasteiger partial charge in [0.25, 0.3) is 5.91 Å². The van der Waals surface area contributed by atoms with Gasteiger partial charge in [0, 0.05) is 30.1 Å². The van der Waals surface area contributed by atoms with Crippen LogP contribution in [0.2, 0.25) is 10.0 Å². The fourth-order valence-electron chi connectivity index (χ4n) is 2.90. The summed E-state index contributed by atoms with van der Waals surface area (Å²) in [7, 11) is 0. The third-order valence-corrected chi connectivity index (χ3v) is 5.05. The quantitative estimate of drug-likeness (QED) is 0.360. The summed E-state index contributed by atoms with van der Waals surface area (Å²) in [4.78, 5) is 28.0. The van der Waals surface area contributed by atoms with E-state index >= 15 is 0 Å². The fourth-order valence-corrected chi connectivity index (χ4v) is 3.36. The van der Waals surface area contributed by atoms with Gasteiger partial charge >= 0.3 is 12.3 Å². The molecular weight excluding hydrogens is 498 g/mol. The molecule has 178 valence electrons. The molecule has 34 heavy (non-hydrogen) atoms. The van der Waals surface area contributed by atoms with Gasteiger partial charge in [0.1, 0.15) is 11.8 Å². The lowest BCUT2D eigenvalue weighted by atomic mass is 10.0. The Hall–Kier alpha value is -3.50. The van der Waals surface area contributed by atoms with Gasteiger partial charge in [-0.1, -0.05) is 35.3 Å². The molecule has 1 aromatic heterocycles. The molecule has 0 saturated carbocycles. The predicted molar refractivity (Wildman–Crippen MR) is 121 cm³/mol. The van der Waals surface area contributed by atoms with E-state index in [4.69, 9.17) is 23.2 Å². The lowest BCUT2D eigenvalue weighted by Gasteiger charge is -2.17. The molecule has 0 fully saturated rings. The lowest BCUT2D eigenvalue weighted by Crippen LogP contribution is -2.31. The topological polar surface area (TPSA) is 101 Å². The number of aliphatic carboxylic acids is 1. The number of nitrogens with zero attached hydrogens (tertiary/aromatic N) is 1. The Morgan fingerprint density at radius 1 is 1.00 bits per heavy atom. The first-order chi connectivity index (χ1) is 16.0. The van der Waals surface area contributed by atoms with Gasteiger partial charge in [-0.2, -0.15) is 0 Å². The van der Waals surface area contributed by atoms with Crippen LogP contribution in [0.3, 0.4) is 0 Å². The Morgan fingerprint density at radius 3 is 2.12 bits per heavy atom. The van der Waals surface area contributed by atoms with Crippen molar-refractivity contribution < 1.29 is 32.6 Å². The summed E-state index contributed by atoms with van der Waals surface area (Å²) < 4.78 is 40.6. The highest BCUT2D eigenvalue weighted by atomic mass is 35.5. The van der Waals surface area contributed by atoms with Gasteiger partial charge in [-0.15, -0.1) is 13.2 Å². The van der Waals surface area contributed by atoms with Crippen molar-refractivity contribution in [1.29, 1.82) is 0 Å². The van der Waals surface area contributed by atoms with Crippen molar-refractivity contribution in [2.24, 2.45) is 0 Å². The molecule has 0 radical (unpaired) electrons. The molecular formula is C22H16Cl2F3N3O4. The molecule has 1 amide bonds. The maximum Gasteiger partial charge on any atom is 0.573 e. The number of pyridine rings is 1. The summed E-state index contributed by atoms with van der Waals surface area (Å²) in [6.07, 6.45) is -2.11. The maximum atomic E-state index is 12.5. The molecule has 1 heterocycles. The number of rotatable bonds is 8. The smallest absolute Gasteiger partial charge is 0.480 e. The number of hydrogen-bond donors (Lipinski definition) is 3. The van der Waals surface area contributed by atoms with Crippen molar-refractivity contribution in [3.8, 4) is 5.75 Å². The average molecular weight is 514 g/mol. The molecule has 0 saturated heterocycles. The Bertz CT molecular complexity index is 1150. The van der Waals surface area contributed by atoms with E-state index in [9.17, 15) is 27.9 Å². The van der Waals surface area contributed by atoms with Gasteiger partial charge in [-0.25, -0.2) is 4.79 Å². The Labute approximate surface area is 201 Å². The second-order valence-corrected chi connectivity index (χ2v) is 7.76. The maximum absolute atomic E-state index is 12.5. The van der Waals surface area contributed by atoms with Gasteiger partial charge in [0.15, 0.2) is 0 Å². The minimum Gasteiger partial charge on any atom is -0.480 e. The van der Waals surface area contributed by atoms with Gasteiger partial charge in [0.05, 0.1) is 15.7 Å².